The van der Waals surface area contributed by atoms with Gasteiger partial charge in [0.25, 0.3) is 5.56 Å². The first kappa shape index (κ1) is 20.3. The number of amides is 1. The number of nitrogens with zero attached hydrogens (tertiary/aromatic N) is 2. The quantitative estimate of drug-likeness (QED) is 0.686. The molecule has 1 aromatic heterocycles. The monoisotopic (exact) mass is 391 g/mol. The Balaban J connectivity index is 1.98. The van der Waals surface area contributed by atoms with E-state index in [1.165, 1.54) is 10.7 Å². The second-order valence-electron chi connectivity index (χ2n) is 6.93. The summed E-state index contributed by atoms with van der Waals surface area (Å²) in [5, 5.41) is 7.39. The zero-order valence-corrected chi connectivity index (χ0v) is 17.1. The van der Waals surface area contributed by atoms with Crippen molar-refractivity contribution in [2.24, 2.45) is 0 Å². The predicted octanol–water partition coefficient (Wildman–Crippen LogP) is 4.13. The van der Waals surface area contributed by atoms with Crippen LogP contribution in [0.25, 0.3) is 11.3 Å². The molecule has 3 aromatic rings. The summed E-state index contributed by atoms with van der Waals surface area (Å²) < 4.78 is 6.56. The van der Waals surface area contributed by atoms with Gasteiger partial charge in [-0.15, -0.1) is 0 Å². The number of anilines is 1. The van der Waals surface area contributed by atoms with Crippen LogP contribution in [0.4, 0.5) is 5.69 Å². The van der Waals surface area contributed by atoms with Crippen LogP contribution in [0.5, 0.6) is 5.75 Å². The molecular weight excluding hydrogens is 366 g/mol. The molecule has 3 rings (SSSR count). The van der Waals surface area contributed by atoms with Gasteiger partial charge in [0.15, 0.2) is 0 Å². The number of carbonyl (C=O) groups excluding carboxylic acids is 1. The SMILES string of the molecule is CC[C@@H](C(=O)Nc1ccccc1OC)n1nc(-c2cc(C)ccc2C)ccc1=O. The summed E-state index contributed by atoms with van der Waals surface area (Å²) in [6, 6.07) is 15.7. The standard InChI is InChI=1S/C23H25N3O3/c1-5-20(23(28)24-19-8-6-7-9-21(19)29-4)26-22(27)13-12-18(25-26)17-14-15(2)10-11-16(17)3/h6-14,20H,5H2,1-4H3,(H,24,28)/t20-/m0/s1. The van der Waals surface area contributed by atoms with Crippen LogP contribution in [-0.2, 0) is 4.79 Å². The molecule has 0 aliphatic carbocycles. The summed E-state index contributed by atoms with van der Waals surface area (Å²) in [6.07, 6.45) is 0.421. The van der Waals surface area contributed by atoms with Crippen LogP contribution < -0.4 is 15.6 Å². The molecule has 0 bridgehead atoms. The Kier molecular flexibility index (Phi) is 6.12. The minimum Gasteiger partial charge on any atom is -0.495 e. The van der Waals surface area contributed by atoms with Crippen LogP contribution in [0, 0.1) is 13.8 Å². The van der Waals surface area contributed by atoms with Gasteiger partial charge in [0.05, 0.1) is 18.5 Å². The van der Waals surface area contributed by atoms with E-state index in [-0.39, 0.29) is 11.5 Å². The van der Waals surface area contributed by atoms with Gasteiger partial charge < -0.3 is 10.1 Å². The number of rotatable bonds is 6. The van der Waals surface area contributed by atoms with Gasteiger partial charge in [-0.1, -0.05) is 36.8 Å². The zero-order chi connectivity index (χ0) is 21.0. The van der Waals surface area contributed by atoms with Crippen molar-refractivity contribution in [3.8, 4) is 17.0 Å². The number of aromatic nitrogens is 2. The van der Waals surface area contributed by atoms with E-state index in [9.17, 15) is 9.59 Å². The average molecular weight is 391 g/mol. The van der Waals surface area contributed by atoms with Crippen molar-refractivity contribution in [2.45, 2.75) is 33.2 Å². The molecule has 150 valence electrons. The average Bonchev–Trinajstić information content (AvgIpc) is 2.72. The lowest BCUT2D eigenvalue weighted by Crippen LogP contribution is -2.34. The summed E-state index contributed by atoms with van der Waals surface area (Å²) in [6.45, 7) is 5.86. The van der Waals surface area contributed by atoms with E-state index in [1.54, 1.807) is 25.3 Å². The van der Waals surface area contributed by atoms with E-state index >= 15 is 0 Å². The molecule has 29 heavy (non-hydrogen) atoms. The molecule has 0 fully saturated rings. The number of methoxy groups -OCH3 is 1. The number of para-hydroxylation sites is 2. The van der Waals surface area contributed by atoms with Crippen LogP contribution in [0.15, 0.2) is 59.4 Å². The van der Waals surface area contributed by atoms with E-state index in [1.807, 2.05) is 51.1 Å². The van der Waals surface area contributed by atoms with Gasteiger partial charge in [0, 0.05) is 11.6 Å². The highest BCUT2D eigenvalue weighted by molar-refractivity contribution is 5.95. The van der Waals surface area contributed by atoms with Crippen LogP contribution >= 0.6 is 0 Å². The van der Waals surface area contributed by atoms with Gasteiger partial charge in [-0.25, -0.2) is 4.68 Å². The molecule has 6 nitrogen and oxygen atoms in total. The second-order valence-corrected chi connectivity index (χ2v) is 6.93. The Bertz CT molecular complexity index is 1090. The molecule has 0 aliphatic heterocycles. The summed E-state index contributed by atoms with van der Waals surface area (Å²) in [5.41, 5.74) is 4.00. The topological polar surface area (TPSA) is 73.2 Å². The number of benzene rings is 2. The molecule has 6 heteroatoms. The fraction of sp³-hybridized carbons (Fsp3) is 0.261. The van der Waals surface area contributed by atoms with Gasteiger partial charge in [-0.2, -0.15) is 5.10 Å². The smallest absolute Gasteiger partial charge is 0.267 e. The molecule has 0 saturated heterocycles. The summed E-state index contributed by atoms with van der Waals surface area (Å²) in [4.78, 5) is 25.5. The first-order valence-electron chi connectivity index (χ1n) is 9.56. The lowest BCUT2D eigenvalue weighted by Gasteiger charge is -2.19. The maximum atomic E-state index is 13.0. The fourth-order valence-electron chi connectivity index (χ4n) is 3.24. The Morgan fingerprint density at radius 2 is 1.90 bits per heavy atom. The zero-order valence-electron chi connectivity index (χ0n) is 17.1. The summed E-state index contributed by atoms with van der Waals surface area (Å²) >= 11 is 0. The summed E-state index contributed by atoms with van der Waals surface area (Å²) in [5.74, 6) is 0.241. The number of ether oxygens (including phenoxy) is 1. The third-order valence-electron chi connectivity index (χ3n) is 4.84. The van der Waals surface area contributed by atoms with Crippen molar-refractivity contribution >= 4 is 11.6 Å². The van der Waals surface area contributed by atoms with Crippen molar-refractivity contribution in [3.63, 3.8) is 0 Å². The minimum absolute atomic E-state index is 0.315. The van der Waals surface area contributed by atoms with Crippen molar-refractivity contribution < 1.29 is 9.53 Å². The third-order valence-corrected chi connectivity index (χ3v) is 4.84. The van der Waals surface area contributed by atoms with E-state index in [2.05, 4.69) is 10.4 Å². The molecule has 1 heterocycles. The third kappa shape index (κ3) is 4.37. The highest BCUT2D eigenvalue weighted by Crippen LogP contribution is 2.25. The van der Waals surface area contributed by atoms with Crippen molar-refractivity contribution in [2.75, 3.05) is 12.4 Å². The molecule has 0 aliphatic rings. The lowest BCUT2D eigenvalue weighted by molar-refractivity contribution is -0.119. The molecule has 1 amide bonds. The fourth-order valence-corrected chi connectivity index (χ4v) is 3.24. The maximum Gasteiger partial charge on any atom is 0.267 e. The Hall–Kier alpha value is -3.41. The number of carbonyl (C=O) groups is 1. The second kappa shape index (κ2) is 8.73. The first-order chi connectivity index (χ1) is 13.9. The van der Waals surface area contributed by atoms with Crippen LogP contribution in [0.3, 0.4) is 0 Å². The Labute approximate surface area is 170 Å². The molecule has 0 spiro atoms. The Morgan fingerprint density at radius 3 is 2.62 bits per heavy atom. The number of hydrogen-bond acceptors (Lipinski definition) is 4. The van der Waals surface area contributed by atoms with Gasteiger partial charge >= 0.3 is 0 Å². The normalized spacial score (nSPS) is 11.7. The maximum absolute atomic E-state index is 13.0. The highest BCUT2D eigenvalue weighted by atomic mass is 16.5. The van der Waals surface area contributed by atoms with E-state index in [0.29, 0.717) is 23.6 Å². The molecule has 1 N–H and O–H groups in total. The number of aryl methyl sites for hydroxylation is 2. The van der Waals surface area contributed by atoms with Gasteiger partial charge in [-0.05, 0) is 50.1 Å². The number of nitrogens with one attached hydrogen (secondary N) is 1. The predicted molar refractivity (Wildman–Crippen MR) is 114 cm³/mol. The lowest BCUT2D eigenvalue weighted by atomic mass is 10.0. The molecule has 1 atom stereocenters. The van der Waals surface area contributed by atoms with Crippen LogP contribution in [0.2, 0.25) is 0 Å². The highest BCUT2D eigenvalue weighted by Gasteiger charge is 2.22. The molecular formula is C23H25N3O3. The van der Waals surface area contributed by atoms with Crippen molar-refractivity contribution in [1.82, 2.24) is 9.78 Å². The molecule has 2 aromatic carbocycles. The van der Waals surface area contributed by atoms with Crippen LogP contribution in [-0.4, -0.2) is 22.8 Å². The minimum atomic E-state index is -0.738. The number of hydrogen-bond donors (Lipinski definition) is 1. The molecule has 0 unspecified atom stereocenters. The van der Waals surface area contributed by atoms with Crippen molar-refractivity contribution in [3.05, 3.63) is 76.1 Å². The van der Waals surface area contributed by atoms with E-state index in [0.717, 1.165) is 16.7 Å². The van der Waals surface area contributed by atoms with Gasteiger partial charge in [0.2, 0.25) is 5.91 Å². The van der Waals surface area contributed by atoms with Crippen molar-refractivity contribution in [1.29, 1.82) is 0 Å². The molecule has 0 saturated carbocycles. The van der Waals surface area contributed by atoms with Gasteiger partial charge in [0.1, 0.15) is 11.8 Å². The first-order valence-corrected chi connectivity index (χ1v) is 9.56. The Morgan fingerprint density at radius 1 is 1.14 bits per heavy atom. The van der Waals surface area contributed by atoms with Crippen LogP contribution in [0.1, 0.15) is 30.5 Å². The van der Waals surface area contributed by atoms with E-state index in [4.69, 9.17) is 4.74 Å². The summed E-state index contributed by atoms with van der Waals surface area (Å²) in [7, 11) is 1.54. The van der Waals surface area contributed by atoms with E-state index < -0.39 is 6.04 Å². The van der Waals surface area contributed by atoms with Gasteiger partial charge in [-0.3, -0.25) is 9.59 Å². The molecule has 0 radical (unpaired) electrons. The largest absolute Gasteiger partial charge is 0.495 e.